The van der Waals surface area contributed by atoms with E-state index in [1.165, 1.54) is 42.6 Å². The van der Waals surface area contributed by atoms with Crippen molar-refractivity contribution in [1.29, 1.82) is 0 Å². The minimum Gasteiger partial charge on any atom is -0.508 e. The summed E-state index contributed by atoms with van der Waals surface area (Å²) in [5.74, 6) is -5.95. The number of hydrogen-bond donors (Lipinski definition) is 9. The normalized spacial score (nSPS) is 26.7. The Kier molecular flexibility index (Phi) is 11.8. The molecule has 10 atom stereocenters. The molecule has 2 fully saturated rings. The second-order valence-electron chi connectivity index (χ2n) is 16.5. The Morgan fingerprint density at radius 1 is 0.725 bits per heavy atom. The number of fused-ring (bicyclic) bond motifs is 6. The molecule has 4 aliphatic heterocycles. The Bertz CT molecular complexity index is 2930. The number of ether oxygens (including phenoxy) is 4. The summed E-state index contributed by atoms with van der Waals surface area (Å²) < 4.78 is 67.4. The minimum atomic E-state index is -1.71. The van der Waals surface area contributed by atoms with Gasteiger partial charge in [-0.3, -0.25) is 4.79 Å². The number of aromatic nitrogens is 6. The monoisotopic (exact) mass is 977 g/mol. The van der Waals surface area contributed by atoms with Gasteiger partial charge in [0.25, 0.3) is 5.91 Å². The first kappa shape index (κ1) is 46.1. The molecule has 0 bridgehead atoms. The maximum Gasteiger partial charge on any atom is 0.340 e. The topological polar surface area (TPSA) is 306 Å². The van der Waals surface area contributed by atoms with E-state index < -0.39 is 108 Å². The van der Waals surface area contributed by atoms with Crippen LogP contribution < -0.4 is 10.1 Å². The Hall–Kier alpha value is -6.68. The molecule has 6 aromatic rings. The van der Waals surface area contributed by atoms with E-state index in [1.54, 1.807) is 18.2 Å². The van der Waals surface area contributed by atoms with Crippen LogP contribution >= 0.6 is 11.8 Å². The third-order valence-electron chi connectivity index (χ3n) is 12.4. The van der Waals surface area contributed by atoms with E-state index in [0.29, 0.717) is 40.6 Å². The first-order valence-corrected chi connectivity index (χ1v) is 21.9. The number of carbonyl (C=O) groups excluding carboxylic acids is 2. The van der Waals surface area contributed by atoms with Gasteiger partial charge in [-0.1, -0.05) is 28.3 Å². The van der Waals surface area contributed by atoms with Crippen LogP contribution in [0.5, 0.6) is 23.0 Å². The summed E-state index contributed by atoms with van der Waals surface area (Å²) in [6, 6.07) is 11.6. The van der Waals surface area contributed by atoms with Crippen LogP contribution in [0, 0.1) is 17.5 Å². The molecule has 69 heavy (non-hydrogen) atoms. The summed E-state index contributed by atoms with van der Waals surface area (Å²) in [5, 5.41) is 105. The molecular formula is C44H38F3N7O14S. The molecule has 360 valence electrons. The van der Waals surface area contributed by atoms with Gasteiger partial charge in [-0.25, -0.2) is 27.3 Å². The number of hydrogen-bond acceptors (Lipinski definition) is 19. The molecule has 4 aromatic carbocycles. The molecule has 4 unspecified atom stereocenters. The molecule has 0 aliphatic carbocycles. The van der Waals surface area contributed by atoms with Crippen molar-refractivity contribution >= 4 is 23.6 Å². The lowest BCUT2D eigenvalue weighted by atomic mass is 9.77. The highest BCUT2D eigenvalue weighted by Crippen LogP contribution is 2.57. The van der Waals surface area contributed by atoms with Gasteiger partial charge >= 0.3 is 5.97 Å². The number of phenols is 2. The van der Waals surface area contributed by atoms with E-state index in [-0.39, 0.29) is 57.6 Å². The molecule has 4 aliphatic rings. The standard InChI is InChI=1S/C44H38F3N7O14S/c45-26-8-18(9-27(46)33(26)47)28-14-54(52-50-28)35-37(60)32(16-56)67-43(39(35)62)69-42-38(61)34(36(59)31(15-55)66-42)53-13-19(49-51-53)12-48-40(63)17-1-4-23-22(7-17)41(64)68-44(23)24-5-2-20(57)10-29(24)65-30-11-21(58)3-6-25(30)44/h1-11,13-14,31-32,34-39,42-43,55-62H,12,15-16H2,(H,48,63)/t31-,32?,34?,35?,36?,37+,38-,39+,42+,43+/m1/s1. The molecule has 0 saturated carbocycles. The number of esters is 1. The fraction of sp³-hybridized carbons (Fsp3) is 0.318. The zero-order chi connectivity index (χ0) is 48.6. The quantitative estimate of drug-likeness (QED) is 0.0689. The van der Waals surface area contributed by atoms with Gasteiger partial charge in [0.05, 0.1) is 37.7 Å². The van der Waals surface area contributed by atoms with Crippen LogP contribution in [-0.4, -0.2) is 143 Å². The Morgan fingerprint density at radius 2 is 1.28 bits per heavy atom. The lowest BCUT2D eigenvalue weighted by molar-refractivity contribution is -0.189. The van der Waals surface area contributed by atoms with Gasteiger partial charge in [-0.2, -0.15) is 0 Å². The van der Waals surface area contributed by atoms with Crippen LogP contribution in [0.25, 0.3) is 11.3 Å². The highest BCUT2D eigenvalue weighted by Gasteiger charge is 2.55. The molecular weight excluding hydrogens is 940 g/mol. The van der Waals surface area contributed by atoms with Gasteiger partial charge in [-0.15, -0.1) is 10.2 Å². The summed E-state index contributed by atoms with van der Waals surface area (Å²) in [6.45, 7) is -1.77. The number of phenolic OH excluding ortho intramolecular Hbond substituents is 2. The maximum atomic E-state index is 14.0. The lowest BCUT2D eigenvalue weighted by Crippen LogP contribution is -2.58. The number of aliphatic hydroxyl groups excluding tert-OH is 6. The van der Waals surface area contributed by atoms with Gasteiger partial charge in [0.1, 0.15) is 94.0 Å². The van der Waals surface area contributed by atoms with Gasteiger partial charge in [0, 0.05) is 39.9 Å². The number of aliphatic hydroxyl groups is 6. The van der Waals surface area contributed by atoms with Gasteiger partial charge in [0.2, 0.25) is 0 Å². The predicted octanol–water partition coefficient (Wildman–Crippen LogP) is 1.26. The number of thioether (sulfide) groups is 1. The fourth-order valence-corrected chi connectivity index (χ4v) is 10.4. The highest BCUT2D eigenvalue weighted by atomic mass is 32.2. The smallest absolute Gasteiger partial charge is 0.340 e. The number of aromatic hydroxyl groups is 2. The van der Waals surface area contributed by atoms with Crippen LogP contribution in [0.1, 0.15) is 55.2 Å². The predicted molar refractivity (Wildman–Crippen MR) is 226 cm³/mol. The summed E-state index contributed by atoms with van der Waals surface area (Å²) >= 11 is 0.665. The van der Waals surface area contributed by atoms with Crippen LogP contribution in [-0.2, 0) is 26.4 Å². The van der Waals surface area contributed by atoms with Crippen molar-refractivity contribution in [2.45, 2.75) is 71.7 Å². The third kappa shape index (κ3) is 7.80. The fourth-order valence-electron chi connectivity index (χ4n) is 9.04. The molecule has 1 spiro atoms. The first-order chi connectivity index (χ1) is 33.1. The van der Waals surface area contributed by atoms with E-state index in [0.717, 1.165) is 15.6 Å². The summed E-state index contributed by atoms with van der Waals surface area (Å²) in [6.07, 6.45) is -6.90. The summed E-state index contributed by atoms with van der Waals surface area (Å²) in [4.78, 5) is 27.1. The van der Waals surface area contributed by atoms with E-state index >= 15 is 0 Å². The average molecular weight is 978 g/mol. The second-order valence-corrected chi connectivity index (χ2v) is 17.7. The molecule has 0 radical (unpaired) electrons. The van der Waals surface area contributed by atoms with Crippen LogP contribution in [0.3, 0.4) is 0 Å². The SMILES string of the molecule is O=C(NCc1cn(C2C(O)[C@@H](CO)O[C@@H](S[C@@H]3OC(CO)[C@H](O)C(n4cc(-c5cc(F)c(F)c(F)c5)nn4)[C@@H]3O)[C@@H]2O)nn1)c1ccc2c(c1)C(=O)OC21c2ccc(O)cc2Oc2cc(O)ccc21. The van der Waals surface area contributed by atoms with Crippen molar-refractivity contribution in [3.05, 3.63) is 130 Å². The first-order valence-electron chi connectivity index (χ1n) is 21.0. The van der Waals surface area contributed by atoms with Crippen molar-refractivity contribution in [3.63, 3.8) is 0 Å². The summed E-state index contributed by atoms with van der Waals surface area (Å²) in [5.41, 5.74) is -3.29. The second kappa shape index (κ2) is 17.7. The van der Waals surface area contributed by atoms with Crippen molar-refractivity contribution in [3.8, 4) is 34.3 Å². The number of nitrogens with one attached hydrogen (secondary N) is 1. The van der Waals surface area contributed by atoms with Crippen LogP contribution in [0.15, 0.2) is 79.1 Å². The Labute approximate surface area is 389 Å². The number of rotatable bonds is 10. The van der Waals surface area contributed by atoms with Crippen LogP contribution in [0.2, 0.25) is 0 Å². The van der Waals surface area contributed by atoms with Gasteiger partial charge in [-0.05, 0) is 48.5 Å². The number of halogens is 3. The number of benzene rings is 4. The van der Waals surface area contributed by atoms with E-state index in [1.807, 2.05) is 0 Å². The number of carbonyl (C=O) groups is 2. The molecule has 21 nitrogen and oxygen atoms in total. The van der Waals surface area contributed by atoms with Crippen molar-refractivity contribution in [2.75, 3.05) is 13.2 Å². The molecule has 2 saturated heterocycles. The molecule has 25 heteroatoms. The van der Waals surface area contributed by atoms with Gasteiger partial charge < -0.3 is 65.1 Å². The molecule has 6 heterocycles. The van der Waals surface area contributed by atoms with E-state index in [2.05, 4.69) is 25.9 Å². The molecule has 1 amide bonds. The number of amides is 1. The largest absolute Gasteiger partial charge is 0.508 e. The average Bonchev–Trinajstić information content (AvgIpc) is 4.08. The minimum absolute atomic E-state index is 0.0632. The Balaban J connectivity index is 0.845. The third-order valence-corrected chi connectivity index (χ3v) is 13.7. The lowest BCUT2D eigenvalue weighted by Gasteiger charge is -2.46. The Morgan fingerprint density at radius 3 is 1.86 bits per heavy atom. The number of nitrogens with zero attached hydrogens (tertiary/aromatic N) is 6. The van der Waals surface area contributed by atoms with Crippen LogP contribution in [0.4, 0.5) is 13.2 Å². The molecule has 9 N–H and O–H groups in total. The highest BCUT2D eigenvalue weighted by molar-refractivity contribution is 8.00. The molecule has 10 rings (SSSR count). The maximum absolute atomic E-state index is 14.0. The van der Waals surface area contributed by atoms with E-state index in [4.69, 9.17) is 18.9 Å². The van der Waals surface area contributed by atoms with Crippen molar-refractivity contribution in [2.24, 2.45) is 0 Å². The zero-order valence-corrected chi connectivity index (χ0v) is 36.0. The summed E-state index contributed by atoms with van der Waals surface area (Å²) in [7, 11) is 0. The zero-order valence-electron chi connectivity index (χ0n) is 35.2. The van der Waals surface area contributed by atoms with E-state index in [9.17, 15) is 63.6 Å². The van der Waals surface area contributed by atoms with Crippen molar-refractivity contribution < 1.29 is 82.6 Å². The molecule has 2 aromatic heterocycles. The van der Waals surface area contributed by atoms with Gasteiger partial charge in [0.15, 0.2) is 23.1 Å². The van der Waals surface area contributed by atoms with Crippen molar-refractivity contribution in [1.82, 2.24) is 35.3 Å².